The molecule has 5 heteroatoms. The minimum absolute atomic E-state index is 0.0310. The summed E-state index contributed by atoms with van der Waals surface area (Å²) in [5, 5.41) is 11.6. The van der Waals surface area contributed by atoms with Crippen molar-refractivity contribution in [1.82, 2.24) is 4.90 Å². The highest BCUT2D eigenvalue weighted by atomic mass is 16.4. The number of amides is 1. The number of rotatable bonds is 8. The van der Waals surface area contributed by atoms with Gasteiger partial charge in [-0.1, -0.05) is 32.0 Å². The van der Waals surface area contributed by atoms with Gasteiger partial charge in [0.1, 0.15) is 0 Å². The molecule has 20 heavy (non-hydrogen) atoms. The molecule has 0 aromatic heterocycles. The van der Waals surface area contributed by atoms with Crippen molar-refractivity contribution in [2.45, 2.75) is 20.3 Å². The van der Waals surface area contributed by atoms with Gasteiger partial charge in [0, 0.05) is 25.2 Å². The van der Waals surface area contributed by atoms with Crippen LogP contribution < -0.4 is 5.32 Å². The molecule has 0 fully saturated rings. The summed E-state index contributed by atoms with van der Waals surface area (Å²) in [5.41, 5.74) is 0.756. The van der Waals surface area contributed by atoms with Crippen molar-refractivity contribution in [3.05, 3.63) is 30.3 Å². The van der Waals surface area contributed by atoms with Crippen LogP contribution >= 0.6 is 0 Å². The van der Waals surface area contributed by atoms with Crippen molar-refractivity contribution in [3.63, 3.8) is 0 Å². The molecule has 1 amide bonds. The average Bonchev–Trinajstić information content (AvgIpc) is 2.36. The third-order valence-electron chi connectivity index (χ3n) is 2.69. The van der Waals surface area contributed by atoms with Crippen LogP contribution in [0.25, 0.3) is 0 Å². The molecule has 0 aliphatic heterocycles. The fourth-order valence-electron chi connectivity index (χ4n) is 1.95. The van der Waals surface area contributed by atoms with Crippen LogP contribution in [0, 0.1) is 5.92 Å². The zero-order valence-corrected chi connectivity index (χ0v) is 12.0. The predicted octanol–water partition coefficient (Wildman–Crippen LogP) is 2.06. The van der Waals surface area contributed by atoms with Crippen LogP contribution in [0.4, 0.5) is 5.69 Å². The van der Waals surface area contributed by atoms with Crippen LogP contribution in [0.15, 0.2) is 30.3 Å². The molecule has 0 spiro atoms. The Morgan fingerprint density at radius 2 is 1.90 bits per heavy atom. The predicted molar refractivity (Wildman–Crippen MR) is 78.6 cm³/mol. The molecule has 0 unspecified atom stereocenters. The first-order valence-corrected chi connectivity index (χ1v) is 6.76. The smallest absolute Gasteiger partial charge is 0.317 e. The normalized spacial score (nSPS) is 10.8. The van der Waals surface area contributed by atoms with Gasteiger partial charge in [0.2, 0.25) is 5.91 Å². The van der Waals surface area contributed by atoms with Gasteiger partial charge in [-0.25, -0.2) is 0 Å². The van der Waals surface area contributed by atoms with Crippen molar-refractivity contribution in [2.24, 2.45) is 5.92 Å². The average molecular weight is 278 g/mol. The van der Waals surface area contributed by atoms with E-state index in [0.29, 0.717) is 19.0 Å². The Balaban J connectivity index is 2.41. The molecule has 0 saturated heterocycles. The Bertz CT molecular complexity index is 432. The standard InChI is InChI=1S/C15H22N2O3/c1-12(2)10-17(11-15(19)20)9-8-14(18)16-13-6-4-3-5-7-13/h3-7,12H,8-11H2,1-2H3,(H,16,18)(H,19,20). The van der Waals surface area contributed by atoms with Gasteiger partial charge in [-0.05, 0) is 18.1 Å². The summed E-state index contributed by atoms with van der Waals surface area (Å²) in [7, 11) is 0. The van der Waals surface area contributed by atoms with Crippen molar-refractivity contribution >= 4 is 17.6 Å². The number of benzene rings is 1. The number of para-hydroxylation sites is 1. The number of anilines is 1. The summed E-state index contributed by atoms with van der Waals surface area (Å²) in [6.07, 6.45) is 0.287. The van der Waals surface area contributed by atoms with Gasteiger partial charge >= 0.3 is 5.97 Å². The molecule has 1 aromatic carbocycles. The number of carbonyl (C=O) groups excluding carboxylic acids is 1. The molecule has 0 aliphatic rings. The molecule has 0 atom stereocenters. The van der Waals surface area contributed by atoms with E-state index in [9.17, 15) is 9.59 Å². The van der Waals surface area contributed by atoms with Gasteiger partial charge in [0.25, 0.3) is 0 Å². The van der Waals surface area contributed by atoms with Gasteiger partial charge < -0.3 is 10.4 Å². The lowest BCUT2D eigenvalue weighted by molar-refractivity contribution is -0.138. The summed E-state index contributed by atoms with van der Waals surface area (Å²) in [4.78, 5) is 24.4. The van der Waals surface area contributed by atoms with Gasteiger partial charge in [0.05, 0.1) is 6.54 Å². The quantitative estimate of drug-likeness (QED) is 0.763. The van der Waals surface area contributed by atoms with E-state index in [1.165, 1.54) is 0 Å². The number of hydrogen-bond donors (Lipinski definition) is 2. The second-order valence-electron chi connectivity index (χ2n) is 5.19. The summed E-state index contributed by atoms with van der Waals surface area (Å²) in [5.74, 6) is -0.601. The number of aliphatic carboxylic acids is 1. The number of carboxylic acids is 1. The zero-order valence-electron chi connectivity index (χ0n) is 12.0. The minimum atomic E-state index is -0.867. The maximum Gasteiger partial charge on any atom is 0.317 e. The molecule has 5 nitrogen and oxygen atoms in total. The largest absolute Gasteiger partial charge is 0.480 e. The number of carboxylic acid groups (broad SMARTS) is 1. The highest BCUT2D eigenvalue weighted by Gasteiger charge is 2.13. The highest BCUT2D eigenvalue weighted by Crippen LogP contribution is 2.06. The van der Waals surface area contributed by atoms with Crippen molar-refractivity contribution in [1.29, 1.82) is 0 Å². The zero-order chi connectivity index (χ0) is 15.0. The minimum Gasteiger partial charge on any atom is -0.480 e. The molecule has 0 radical (unpaired) electrons. The molecular formula is C15H22N2O3. The number of nitrogens with one attached hydrogen (secondary N) is 1. The molecule has 0 heterocycles. The molecule has 110 valence electrons. The third-order valence-corrected chi connectivity index (χ3v) is 2.69. The first-order valence-electron chi connectivity index (χ1n) is 6.76. The molecule has 0 saturated carbocycles. The maximum atomic E-state index is 11.8. The Hall–Kier alpha value is -1.88. The molecule has 0 aliphatic carbocycles. The summed E-state index contributed by atoms with van der Waals surface area (Å²) in [6, 6.07) is 9.23. The van der Waals surface area contributed by atoms with Gasteiger partial charge in [-0.15, -0.1) is 0 Å². The molecule has 1 aromatic rings. The number of nitrogens with zero attached hydrogens (tertiary/aromatic N) is 1. The maximum absolute atomic E-state index is 11.8. The van der Waals surface area contributed by atoms with Gasteiger partial charge in [0.15, 0.2) is 0 Å². The summed E-state index contributed by atoms with van der Waals surface area (Å²) >= 11 is 0. The van der Waals surface area contributed by atoms with Gasteiger partial charge in [-0.3, -0.25) is 14.5 Å². The number of carbonyl (C=O) groups is 2. The fourth-order valence-corrected chi connectivity index (χ4v) is 1.95. The van der Waals surface area contributed by atoms with E-state index in [1.807, 2.05) is 44.2 Å². The van der Waals surface area contributed by atoms with Crippen molar-refractivity contribution < 1.29 is 14.7 Å². The van der Waals surface area contributed by atoms with E-state index in [-0.39, 0.29) is 18.9 Å². The molecular weight excluding hydrogens is 256 g/mol. The first-order chi connectivity index (χ1) is 9.47. The van der Waals surface area contributed by atoms with Crippen LogP contribution in [0.1, 0.15) is 20.3 Å². The lowest BCUT2D eigenvalue weighted by Gasteiger charge is -2.21. The molecule has 0 bridgehead atoms. The Labute approximate surface area is 119 Å². The van der Waals surface area contributed by atoms with Crippen LogP contribution in [0.5, 0.6) is 0 Å². The second-order valence-corrected chi connectivity index (χ2v) is 5.19. The van der Waals surface area contributed by atoms with E-state index in [0.717, 1.165) is 5.69 Å². The topological polar surface area (TPSA) is 69.6 Å². The number of hydrogen-bond acceptors (Lipinski definition) is 3. The van der Waals surface area contributed by atoms with Crippen molar-refractivity contribution in [2.75, 3.05) is 25.0 Å². The summed E-state index contributed by atoms with van der Waals surface area (Å²) < 4.78 is 0. The van der Waals surface area contributed by atoms with E-state index in [4.69, 9.17) is 5.11 Å². The Morgan fingerprint density at radius 1 is 1.25 bits per heavy atom. The first kappa shape index (κ1) is 16.2. The highest BCUT2D eigenvalue weighted by molar-refractivity contribution is 5.90. The van der Waals surface area contributed by atoms with Crippen LogP contribution in [-0.2, 0) is 9.59 Å². The lowest BCUT2D eigenvalue weighted by atomic mass is 10.2. The summed E-state index contributed by atoms with van der Waals surface area (Å²) in [6.45, 7) is 5.14. The Morgan fingerprint density at radius 3 is 2.45 bits per heavy atom. The van der Waals surface area contributed by atoms with E-state index in [2.05, 4.69) is 5.32 Å². The SMILES string of the molecule is CC(C)CN(CCC(=O)Nc1ccccc1)CC(=O)O. The third kappa shape index (κ3) is 6.89. The van der Waals surface area contributed by atoms with E-state index >= 15 is 0 Å². The Kier molecular flexibility index (Phi) is 6.73. The lowest BCUT2D eigenvalue weighted by Crippen LogP contribution is -2.35. The van der Waals surface area contributed by atoms with E-state index < -0.39 is 5.97 Å². The monoisotopic (exact) mass is 278 g/mol. The van der Waals surface area contributed by atoms with E-state index in [1.54, 1.807) is 4.90 Å². The van der Waals surface area contributed by atoms with Crippen LogP contribution in [0.2, 0.25) is 0 Å². The fraction of sp³-hybridized carbons (Fsp3) is 0.467. The van der Waals surface area contributed by atoms with Gasteiger partial charge in [-0.2, -0.15) is 0 Å². The van der Waals surface area contributed by atoms with Crippen LogP contribution in [-0.4, -0.2) is 41.5 Å². The van der Waals surface area contributed by atoms with Crippen LogP contribution in [0.3, 0.4) is 0 Å². The molecule has 1 rings (SSSR count). The van der Waals surface area contributed by atoms with Crippen molar-refractivity contribution in [3.8, 4) is 0 Å². The second kappa shape index (κ2) is 8.32. The molecule has 2 N–H and O–H groups in total.